The van der Waals surface area contributed by atoms with Crippen molar-refractivity contribution >= 4 is 12.4 Å². The monoisotopic (exact) mass is 282 g/mol. The van der Waals surface area contributed by atoms with E-state index in [0.29, 0.717) is 17.5 Å². The largest absolute Gasteiger partial charge is 0.207 e. The van der Waals surface area contributed by atoms with E-state index in [1.165, 1.54) is 11.6 Å². The topological polar surface area (TPSA) is 24.7 Å². The van der Waals surface area contributed by atoms with Gasteiger partial charge in [-0.15, -0.1) is 0 Å². The molecule has 0 aromatic heterocycles. The van der Waals surface area contributed by atoms with Crippen LogP contribution in [0.25, 0.3) is 0 Å². The number of hydrogen-bond donors (Lipinski definition) is 0. The van der Waals surface area contributed by atoms with Gasteiger partial charge in [0.05, 0.1) is 12.4 Å². The number of hydrogen-bond acceptors (Lipinski definition) is 2. The van der Waals surface area contributed by atoms with Gasteiger partial charge in [0, 0.05) is 0 Å². The lowest BCUT2D eigenvalue weighted by molar-refractivity contribution is 0.612. The molecule has 0 heterocycles. The van der Waals surface area contributed by atoms with Crippen molar-refractivity contribution in [3.8, 4) is 0 Å². The van der Waals surface area contributed by atoms with Crippen LogP contribution in [-0.4, -0.2) is 12.4 Å². The summed E-state index contributed by atoms with van der Waals surface area (Å²) in [4.78, 5) is 0. The second-order valence-electron chi connectivity index (χ2n) is 4.79. The molecule has 0 unspecified atom stereocenters. The van der Waals surface area contributed by atoms with Crippen molar-refractivity contribution < 1.29 is 4.39 Å². The minimum atomic E-state index is -0.194. The number of nitrogens with zero attached hydrogens (tertiary/aromatic N) is 2. The highest BCUT2D eigenvalue weighted by molar-refractivity contribution is 5.82. The molecule has 0 N–H and O–H groups in total. The standard InChI is InChI=1S/C18H19FN2/c1-3-14-5-7-15(8-6-14)12-20-21-13-16-9-10-17(4-2)18(19)11-16/h5-13H,3-4H2,1-2H3/b20-12+,21-13+. The van der Waals surface area contributed by atoms with E-state index in [-0.39, 0.29) is 5.82 Å². The van der Waals surface area contributed by atoms with Crippen LogP contribution >= 0.6 is 0 Å². The Kier molecular flexibility index (Phi) is 5.38. The minimum Gasteiger partial charge on any atom is -0.207 e. The molecule has 0 aliphatic rings. The molecule has 0 radical (unpaired) electrons. The summed E-state index contributed by atoms with van der Waals surface area (Å²) >= 11 is 0. The van der Waals surface area contributed by atoms with Crippen molar-refractivity contribution in [1.29, 1.82) is 0 Å². The SMILES string of the molecule is CCc1ccc(/C=N/N=C/c2ccc(CC)c(F)c2)cc1. The predicted molar refractivity (Wildman–Crippen MR) is 86.8 cm³/mol. The lowest BCUT2D eigenvalue weighted by Crippen LogP contribution is -1.90. The van der Waals surface area contributed by atoms with Gasteiger partial charge in [-0.2, -0.15) is 10.2 Å². The molecule has 2 aromatic carbocycles. The van der Waals surface area contributed by atoms with Crippen LogP contribution in [0.2, 0.25) is 0 Å². The zero-order valence-electron chi connectivity index (χ0n) is 12.4. The maximum atomic E-state index is 13.6. The lowest BCUT2D eigenvalue weighted by Gasteiger charge is -1.99. The van der Waals surface area contributed by atoms with E-state index in [0.717, 1.165) is 12.0 Å². The first kappa shape index (κ1) is 15.1. The van der Waals surface area contributed by atoms with E-state index in [1.807, 2.05) is 25.1 Å². The van der Waals surface area contributed by atoms with Crippen LogP contribution in [0.1, 0.15) is 36.1 Å². The second-order valence-corrected chi connectivity index (χ2v) is 4.79. The summed E-state index contributed by atoms with van der Waals surface area (Å²) in [6, 6.07) is 13.3. The summed E-state index contributed by atoms with van der Waals surface area (Å²) in [6.45, 7) is 4.05. The Morgan fingerprint density at radius 3 is 2.05 bits per heavy atom. The molecule has 0 aliphatic carbocycles. The van der Waals surface area contributed by atoms with Gasteiger partial charge in [0.1, 0.15) is 5.82 Å². The highest BCUT2D eigenvalue weighted by atomic mass is 19.1. The van der Waals surface area contributed by atoms with E-state index in [2.05, 4.69) is 29.3 Å². The summed E-state index contributed by atoms with van der Waals surface area (Å²) in [5.74, 6) is -0.194. The summed E-state index contributed by atoms with van der Waals surface area (Å²) in [5, 5.41) is 7.94. The Labute approximate surface area is 125 Å². The first-order chi connectivity index (χ1) is 10.2. The molecule has 2 nitrogen and oxygen atoms in total. The van der Waals surface area contributed by atoms with Crippen LogP contribution in [0.5, 0.6) is 0 Å². The Hall–Kier alpha value is -2.29. The predicted octanol–water partition coefficient (Wildman–Crippen LogP) is 4.40. The molecule has 21 heavy (non-hydrogen) atoms. The van der Waals surface area contributed by atoms with Gasteiger partial charge in [-0.1, -0.05) is 50.2 Å². The van der Waals surface area contributed by atoms with Crippen molar-refractivity contribution in [3.63, 3.8) is 0 Å². The van der Waals surface area contributed by atoms with Gasteiger partial charge in [-0.05, 0) is 41.2 Å². The van der Waals surface area contributed by atoms with Crippen molar-refractivity contribution in [2.45, 2.75) is 26.7 Å². The minimum absolute atomic E-state index is 0.194. The maximum absolute atomic E-state index is 13.6. The van der Waals surface area contributed by atoms with E-state index < -0.39 is 0 Å². The van der Waals surface area contributed by atoms with Gasteiger partial charge >= 0.3 is 0 Å². The first-order valence-electron chi connectivity index (χ1n) is 7.16. The molecular weight excluding hydrogens is 263 g/mol. The highest BCUT2D eigenvalue weighted by Crippen LogP contribution is 2.09. The van der Waals surface area contributed by atoms with Crippen LogP contribution in [0, 0.1) is 5.82 Å². The van der Waals surface area contributed by atoms with Crippen molar-refractivity contribution in [3.05, 3.63) is 70.5 Å². The molecule has 0 bridgehead atoms. The Morgan fingerprint density at radius 2 is 1.48 bits per heavy atom. The number of rotatable bonds is 5. The normalized spacial score (nSPS) is 11.6. The molecular formula is C18H19FN2. The quantitative estimate of drug-likeness (QED) is 0.573. The summed E-state index contributed by atoms with van der Waals surface area (Å²) in [5.41, 5.74) is 3.72. The van der Waals surface area contributed by atoms with E-state index in [9.17, 15) is 4.39 Å². The highest BCUT2D eigenvalue weighted by Gasteiger charge is 1.99. The first-order valence-corrected chi connectivity index (χ1v) is 7.16. The molecule has 0 aliphatic heterocycles. The fourth-order valence-electron chi connectivity index (χ4n) is 1.97. The van der Waals surface area contributed by atoms with Gasteiger partial charge in [0.25, 0.3) is 0 Å². The molecule has 2 rings (SSSR count). The fourth-order valence-corrected chi connectivity index (χ4v) is 1.97. The van der Waals surface area contributed by atoms with E-state index in [1.54, 1.807) is 18.5 Å². The van der Waals surface area contributed by atoms with Crippen molar-refractivity contribution in [1.82, 2.24) is 0 Å². The third-order valence-electron chi connectivity index (χ3n) is 3.33. The van der Waals surface area contributed by atoms with Gasteiger partial charge in [0.2, 0.25) is 0 Å². The average molecular weight is 282 g/mol. The molecule has 0 spiro atoms. The van der Waals surface area contributed by atoms with Gasteiger partial charge < -0.3 is 0 Å². The summed E-state index contributed by atoms with van der Waals surface area (Å²) in [7, 11) is 0. The second kappa shape index (κ2) is 7.48. The van der Waals surface area contributed by atoms with Gasteiger partial charge in [0.15, 0.2) is 0 Å². The molecule has 0 saturated heterocycles. The van der Waals surface area contributed by atoms with Crippen LogP contribution in [0.15, 0.2) is 52.7 Å². The molecule has 108 valence electrons. The molecule has 0 saturated carbocycles. The van der Waals surface area contributed by atoms with Crippen LogP contribution in [0.4, 0.5) is 4.39 Å². The molecule has 0 atom stereocenters. The van der Waals surface area contributed by atoms with Crippen LogP contribution < -0.4 is 0 Å². The number of aryl methyl sites for hydroxylation is 2. The van der Waals surface area contributed by atoms with Gasteiger partial charge in [-0.25, -0.2) is 4.39 Å². The van der Waals surface area contributed by atoms with Gasteiger partial charge in [-0.3, -0.25) is 0 Å². The lowest BCUT2D eigenvalue weighted by atomic mass is 10.1. The zero-order valence-corrected chi connectivity index (χ0v) is 12.4. The molecule has 0 fully saturated rings. The molecule has 2 aromatic rings. The van der Waals surface area contributed by atoms with Crippen molar-refractivity contribution in [2.75, 3.05) is 0 Å². The fraction of sp³-hybridized carbons (Fsp3) is 0.222. The number of halogens is 1. The van der Waals surface area contributed by atoms with Crippen LogP contribution in [-0.2, 0) is 12.8 Å². The third kappa shape index (κ3) is 4.35. The maximum Gasteiger partial charge on any atom is 0.127 e. The summed E-state index contributed by atoms with van der Waals surface area (Å²) in [6.07, 6.45) is 4.95. The molecule has 3 heteroatoms. The molecule has 0 amide bonds. The third-order valence-corrected chi connectivity index (χ3v) is 3.33. The Balaban J connectivity index is 2.00. The van der Waals surface area contributed by atoms with E-state index >= 15 is 0 Å². The van der Waals surface area contributed by atoms with Crippen molar-refractivity contribution in [2.24, 2.45) is 10.2 Å². The Morgan fingerprint density at radius 1 is 0.857 bits per heavy atom. The smallest absolute Gasteiger partial charge is 0.127 e. The van der Waals surface area contributed by atoms with Crippen LogP contribution in [0.3, 0.4) is 0 Å². The average Bonchev–Trinajstić information content (AvgIpc) is 2.52. The Bertz CT molecular complexity index is 643. The zero-order chi connectivity index (χ0) is 15.1. The van der Waals surface area contributed by atoms with E-state index in [4.69, 9.17) is 0 Å². The number of benzene rings is 2. The summed E-state index contributed by atoms with van der Waals surface area (Å²) < 4.78 is 13.6.